The lowest BCUT2D eigenvalue weighted by atomic mass is 9.90. The lowest BCUT2D eigenvalue weighted by molar-refractivity contribution is -0.0508. The van der Waals surface area contributed by atoms with Gasteiger partial charge in [-0.15, -0.1) is 0 Å². The van der Waals surface area contributed by atoms with Crippen molar-refractivity contribution in [1.29, 1.82) is 0 Å². The van der Waals surface area contributed by atoms with Gasteiger partial charge in [0.1, 0.15) is 11.4 Å². The van der Waals surface area contributed by atoms with Crippen LogP contribution in [0.3, 0.4) is 0 Å². The third kappa shape index (κ3) is 8.14. The highest BCUT2D eigenvalue weighted by molar-refractivity contribution is 5.86. The number of amides is 1. The molecule has 0 bridgehead atoms. The molecule has 0 spiro atoms. The van der Waals surface area contributed by atoms with Crippen LogP contribution in [0.2, 0.25) is 0 Å². The molecular formula is C31H38N2O4. The third-order valence-corrected chi connectivity index (χ3v) is 6.34. The Balaban J connectivity index is 1.41. The molecular weight excluding hydrogens is 464 g/mol. The van der Waals surface area contributed by atoms with Crippen LogP contribution in [0.4, 0.5) is 10.6 Å². The molecule has 1 amide bonds. The predicted molar refractivity (Wildman–Crippen MR) is 146 cm³/mol. The van der Waals surface area contributed by atoms with Crippen molar-refractivity contribution in [2.75, 3.05) is 18.1 Å². The van der Waals surface area contributed by atoms with E-state index >= 15 is 0 Å². The molecule has 196 valence electrons. The first-order chi connectivity index (χ1) is 17.8. The summed E-state index contributed by atoms with van der Waals surface area (Å²) in [7, 11) is 0. The standard InChI is InChI=1S/C31H38N2O4/c1-23-9-8-12-25(17-23)20-33(30(34)37-31(2,3)4)29-14-13-27(19-32-29)26-15-16-36-28(18-26)22-35-21-24-10-6-5-7-11-24/h5-14,17,19,26,28H,15-16,18,20-22H2,1-4H3. The molecule has 1 aliphatic rings. The molecule has 2 unspecified atom stereocenters. The summed E-state index contributed by atoms with van der Waals surface area (Å²) in [4.78, 5) is 19.4. The van der Waals surface area contributed by atoms with Crippen LogP contribution in [0.5, 0.6) is 0 Å². The van der Waals surface area contributed by atoms with Gasteiger partial charge in [0.15, 0.2) is 0 Å². The second-order valence-corrected chi connectivity index (χ2v) is 10.7. The second kappa shape index (κ2) is 12.3. The number of aromatic nitrogens is 1. The van der Waals surface area contributed by atoms with Crippen molar-refractivity contribution in [1.82, 2.24) is 4.98 Å². The number of nitrogens with zero attached hydrogens (tertiary/aromatic N) is 2. The summed E-state index contributed by atoms with van der Waals surface area (Å²) < 4.78 is 17.6. The van der Waals surface area contributed by atoms with Crippen molar-refractivity contribution in [3.8, 4) is 0 Å². The van der Waals surface area contributed by atoms with E-state index < -0.39 is 11.7 Å². The van der Waals surface area contributed by atoms with Crippen LogP contribution in [-0.2, 0) is 27.4 Å². The van der Waals surface area contributed by atoms with E-state index in [-0.39, 0.29) is 6.10 Å². The van der Waals surface area contributed by atoms with Gasteiger partial charge in [0.25, 0.3) is 0 Å². The average molecular weight is 503 g/mol. The van der Waals surface area contributed by atoms with E-state index in [0.29, 0.717) is 38.1 Å². The summed E-state index contributed by atoms with van der Waals surface area (Å²) in [5.74, 6) is 0.918. The fourth-order valence-electron chi connectivity index (χ4n) is 4.53. The summed E-state index contributed by atoms with van der Waals surface area (Å²) in [6.45, 7) is 9.90. The highest BCUT2D eigenvalue weighted by atomic mass is 16.6. The van der Waals surface area contributed by atoms with Gasteiger partial charge in [-0.05, 0) is 69.2 Å². The van der Waals surface area contributed by atoms with Crippen molar-refractivity contribution >= 4 is 11.9 Å². The van der Waals surface area contributed by atoms with Gasteiger partial charge in [0.2, 0.25) is 0 Å². The van der Waals surface area contributed by atoms with Crippen molar-refractivity contribution in [3.05, 3.63) is 95.2 Å². The van der Waals surface area contributed by atoms with Gasteiger partial charge in [-0.1, -0.05) is 66.2 Å². The van der Waals surface area contributed by atoms with E-state index in [1.165, 1.54) is 0 Å². The Kier molecular flexibility index (Phi) is 8.95. The molecule has 3 aromatic rings. The second-order valence-electron chi connectivity index (χ2n) is 10.7. The number of carbonyl (C=O) groups is 1. The molecule has 2 atom stereocenters. The SMILES string of the molecule is Cc1cccc(CN(C(=O)OC(C)(C)C)c2ccc(C3CCOC(COCc4ccccc4)C3)cn2)c1. The Labute approximate surface area is 220 Å². The maximum absolute atomic E-state index is 13.1. The summed E-state index contributed by atoms with van der Waals surface area (Å²) in [5, 5.41) is 0. The first kappa shape index (κ1) is 26.8. The van der Waals surface area contributed by atoms with Crippen molar-refractivity contribution < 1.29 is 19.0 Å². The van der Waals surface area contributed by atoms with Crippen molar-refractivity contribution in [2.24, 2.45) is 0 Å². The Bertz CT molecular complexity index is 1140. The van der Waals surface area contributed by atoms with E-state index in [0.717, 1.165) is 35.1 Å². The first-order valence-electron chi connectivity index (χ1n) is 13.0. The molecule has 1 saturated heterocycles. The first-order valence-corrected chi connectivity index (χ1v) is 13.0. The number of hydrogen-bond acceptors (Lipinski definition) is 5. The number of hydrogen-bond donors (Lipinski definition) is 0. The van der Waals surface area contributed by atoms with Gasteiger partial charge in [-0.25, -0.2) is 9.78 Å². The Morgan fingerprint density at radius 2 is 1.84 bits per heavy atom. The van der Waals surface area contributed by atoms with Crippen LogP contribution in [-0.4, -0.2) is 36.0 Å². The lowest BCUT2D eigenvalue weighted by Crippen LogP contribution is -2.37. The molecule has 2 heterocycles. The summed E-state index contributed by atoms with van der Waals surface area (Å²) in [5.41, 5.74) is 3.89. The quantitative estimate of drug-likeness (QED) is 0.339. The van der Waals surface area contributed by atoms with E-state index in [1.54, 1.807) is 4.90 Å². The van der Waals surface area contributed by atoms with E-state index in [2.05, 4.69) is 24.3 Å². The molecule has 6 heteroatoms. The van der Waals surface area contributed by atoms with Gasteiger partial charge in [-0.3, -0.25) is 4.90 Å². The van der Waals surface area contributed by atoms with Crippen LogP contribution < -0.4 is 4.90 Å². The molecule has 37 heavy (non-hydrogen) atoms. The Hall–Kier alpha value is -3.22. The fraction of sp³-hybridized carbons (Fsp3) is 0.419. The van der Waals surface area contributed by atoms with Crippen LogP contribution in [0.25, 0.3) is 0 Å². The number of carbonyl (C=O) groups excluding carboxylic acids is 1. The lowest BCUT2D eigenvalue weighted by Gasteiger charge is -2.30. The zero-order valence-corrected chi connectivity index (χ0v) is 22.4. The molecule has 1 fully saturated rings. The molecule has 0 saturated carbocycles. The van der Waals surface area contributed by atoms with Gasteiger partial charge in [-0.2, -0.15) is 0 Å². The molecule has 0 N–H and O–H groups in total. The zero-order chi connectivity index (χ0) is 26.3. The molecule has 2 aromatic carbocycles. The molecule has 4 rings (SSSR count). The van der Waals surface area contributed by atoms with Crippen LogP contribution >= 0.6 is 0 Å². The number of rotatable bonds is 8. The predicted octanol–water partition coefficient (Wildman–Crippen LogP) is 6.81. The summed E-state index contributed by atoms with van der Waals surface area (Å²) >= 11 is 0. The maximum Gasteiger partial charge on any atom is 0.416 e. The van der Waals surface area contributed by atoms with Crippen molar-refractivity contribution in [3.63, 3.8) is 0 Å². The fourth-order valence-corrected chi connectivity index (χ4v) is 4.53. The van der Waals surface area contributed by atoms with Crippen LogP contribution in [0, 0.1) is 6.92 Å². The Morgan fingerprint density at radius 3 is 2.54 bits per heavy atom. The summed E-state index contributed by atoms with van der Waals surface area (Å²) in [6.07, 6.45) is 3.36. The van der Waals surface area contributed by atoms with E-state index in [1.807, 2.05) is 76.4 Å². The molecule has 1 aromatic heterocycles. The number of anilines is 1. The van der Waals surface area contributed by atoms with E-state index in [9.17, 15) is 4.79 Å². The van der Waals surface area contributed by atoms with Gasteiger partial charge < -0.3 is 14.2 Å². The number of pyridine rings is 1. The summed E-state index contributed by atoms with van der Waals surface area (Å²) in [6, 6.07) is 22.3. The molecule has 6 nitrogen and oxygen atoms in total. The van der Waals surface area contributed by atoms with Gasteiger partial charge in [0.05, 0.1) is 25.9 Å². The van der Waals surface area contributed by atoms with Crippen LogP contribution in [0.15, 0.2) is 72.9 Å². The minimum atomic E-state index is -0.596. The minimum absolute atomic E-state index is 0.0571. The monoisotopic (exact) mass is 502 g/mol. The van der Waals surface area contributed by atoms with Crippen molar-refractivity contribution in [2.45, 2.75) is 71.3 Å². The molecule has 0 aliphatic carbocycles. The van der Waals surface area contributed by atoms with Gasteiger partial charge in [0, 0.05) is 12.8 Å². The highest BCUT2D eigenvalue weighted by Gasteiger charge is 2.27. The van der Waals surface area contributed by atoms with Crippen LogP contribution in [0.1, 0.15) is 61.8 Å². The van der Waals surface area contributed by atoms with E-state index in [4.69, 9.17) is 19.2 Å². The highest BCUT2D eigenvalue weighted by Crippen LogP contribution is 2.31. The topological polar surface area (TPSA) is 60.9 Å². The zero-order valence-electron chi connectivity index (χ0n) is 22.4. The minimum Gasteiger partial charge on any atom is -0.443 e. The molecule has 1 aliphatic heterocycles. The Morgan fingerprint density at radius 1 is 1.05 bits per heavy atom. The third-order valence-electron chi connectivity index (χ3n) is 6.34. The number of benzene rings is 2. The molecule has 0 radical (unpaired) electrons. The largest absolute Gasteiger partial charge is 0.443 e. The number of ether oxygens (including phenoxy) is 3. The maximum atomic E-state index is 13.1. The average Bonchev–Trinajstić information content (AvgIpc) is 2.87. The van der Waals surface area contributed by atoms with Gasteiger partial charge >= 0.3 is 6.09 Å². The smallest absolute Gasteiger partial charge is 0.416 e. The number of aryl methyl sites for hydroxylation is 1. The normalized spacial score (nSPS) is 17.8.